The lowest BCUT2D eigenvalue weighted by Crippen LogP contribution is -2.31. The molecule has 0 bridgehead atoms. The van der Waals surface area contributed by atoms with Crippen molar-refractivity contribution in [3.05, 3.63) is 34.9 Å². The monoisotopic (exact) mass is 324 g/mol. The van der Waals surface area contributed by atoms with E-state index in [4.69, 9.17) is 0 Å². The van der Waals surface area contributed by atoms with Crippen molar-refractivity contribution in [2.75, 3.05) is 38.1 Å². The van der Waals surface area contributed by atoms with Crippen molar-refractivity contribution in [1.29, 1.82) is 0 Å². The van der Waals surface area contributed by atoms with E-state index in [1.807, 2.05) is 0 Å². The van der Waals surface area contributed by atoms with Gasteiger partial charge in [-0.25, -0.2) is 0 Å². The van der Waals surface area contributed by atoms with Crippen LogP contribution < -0.4 is 0 Å². The normalized spacial score (nSPS) is 18.5. The Morgan fingerprint density at radius 1 is 1.00 bits per heavy atom. The second-order valence-electron chi connectivity index (χ2n) is 5.53. The molecule has 0 aromatic heterocycles. The van der Waals surface area contributed by atoms with Crippen LogP contribution in [0.4, 0.5) is 0 Å². The van der Waals surface area contributed by atoms with E-state index in [1.165, 1.54) is 55.8 Å². The quantitative estimate of drug-likeness (QED) is 0.785. The molecule has 2 rings (SSSR count). The van der Waals surface area contributed by atoms with E-state index < -0.39 is 0 Å². The van der Waals surface area contributed by atoms with Crippen LogP contribution in [0.15, 0.2) is 18.2 Å². The number of halogens is 1. The molecule has 0 radical (unpaired) electrons. The van der Waals surface area contributed by atoms with Crippen LogP contribution in [0.25, 0.3) is 0 Å². The molecule has 1 aliphatic heterocycles. The maximum atomic E-state index is 3.54. The fraction of sp³-hybridized carbons (Fsp3) is 0.625. The van der Waals surface area contributed by atoms with Crippen molar-refractivity contribution in [2.45, 2.75) is 26.8 Å². The van der Waals surface area contributed by atoms with Gasteiger partial charge in [-0.3, -0.25) is 4.90 Å². The van der Waals surface area contributed by atoms with Gasteiger partial charge in [0.15, 0.2) is 0 Å². The predicted molar refractivity (Wildman–Crippen MR) is 86.0 cm³/mol. The van der Waals surface area contributed by atoms with Crippen LogP contribution in [0.3, 0.4) is 0 Å². The van der Waals surface area contributed by atoms with Gasteiger partial charge >= 0.3 is 0 Å². The number of aryl methyl sites for hydroxylation is 2. The van der Waals surface area contributed by atoms with Gasteiger partial charge in [-0.2, -0.15) is 0 Å². The standard InChI is InChI=1S/C16H25BrN2/c1-14-5-3-6-15(2)16(14)13-19-9-4-8-18(10-7-17)11-12-19/h3,5-6H,4,7-13H2,1-2H3. The summed E-state index contributed by atoms with van der Waals surface area (Å²) in [5, 5.41) is 1.09. The third-order valence-electron chi connectivity index (χ3n) is 4.11. The summed E-state index contributed by atoms with van der Waals surface area (Å²) >= 11 is 3.54. The zero-order valence-electron chi connectivity index (χ0n) is 12.2. The SMILES string of the molecule is Cc1cccc(C)c1CN1CCCN(CCBr)CC1. The first kappa shape index (κ1) is 15.0. The van der Waals surface area contributed by atoms with Crippen LogP contribution in [0, 0.1) is 13.8 Å². The van der Waals surface area contributed by atoms with E-state index >= 15 is 0 Å². The molecule has 3 heteroatoms. The molecule has 0 amide bonds. The minimum atomic E-state index is 1.09. The lowest BCUT2D eigenvalue weighted by Gasteiger charge is -2.23. The number of nitrogens with zero attached hydrogens (tertiary/aromatic N) is 2. The summed E-state index contributed by atoms with van der Waals surface area (Å²) in [6.45, 7) is 11.6. The molecule has 1 heterocycles. The Kier molecular flexibility index (Phi) is 5.86. The van der Waals surface area contributed by atoms with Gasteiger partial charge in [-0.05, 0) is 50.0 Å². The highest BCUT2D eigenvalue weighted by molar-refractivity contribution is 9.09. The van der Waals surface area contributed by atoms with Gasteiger partial charge in [0, 0.05) is 31.5 Å². The predicted octanol–water partition coefficient (Wildman–Crippen LogP) is 3.21. The van der Waals surface area contributed by atoms with Gasteiger partial charge in [0.1, 0.15) is 0 Å². The van der Waals surface area contributed by atoms with Gasteiger partial charge < -0.3 is 4.90 Å². The minimum Gasteiger partial charge on any atom is -0.301 e. The third kappa shape index (κ3) is 4.30. The zero-order chi connectivity index (χ0) is 13.7. The van der Waals surface area contributed by atoms with Gasteiger partial charge in [0.2, 0.25) is 0 Å². The molecule has 1 aromatic carbocycles. The maximum absolute atomic E-state index is 3.54. The van der Waals surface area contributed by atoms with E-state index in [2.05, 4.69) is 57.8 Å². The molecule has 1 fully saturated rings. The minimum absolute atomic E-state index is 1.09. The highest BCUT2D eigenvalue weighted by Crippen LogP contribution is 2.17. The molecule has 0 spiro atoms. The van der Waals surface area contributed by atoms with Gasteiger partial charge in [0.25, 0.3) is 0 Å². The van der Waals surface area contributed by atoms with Crippen molar-refractivity contribution < 1.29 is 0 Å². The van der Waals surface area contributed by atoms with Crippen LogP contribution in [0.1, 0.15) is 23.1 Å². The van der Waals surface area contributed by atoms with E-state index in [1.54, 1.807) is 0 Å². The molecular weight excluding hydrogens is 300 g/mol. The second kappa shape index (κ2) is 7.41. The van der Waals surface area contributed by atoms with E-state index in [0.717, 1.165) is 11.9 Å². The molecule has 0 atom stereocenters. The van der Waals surface area contributed by atoms with Gasteiger partial charge in [0.05, 0.1) is 0 Å². The van der Waals surface area contributed by atoms with Crippen molar-refractivity contribution in [3.63, 3.8) is 0 Å². The molecule has 1 aliphatic rings. The topological polar surface area (TPSA) is 6.48 Å². The number of rotatable bonds is 4. The van der Waals surface area contributed by atoms with Crippen LogP contribution in [0.5, 0.6) is 0 Å². The smallest absolute Gasteiger partial charge is 0.0239 e. The highest BCUT2D eigenvalue weighted by atomic mass is 79.9. The summed E-state index contributed by atoms with van der Waals surface area (Å²) in [6, 6.07) is 6.63. The van der Waals surface area contributed by atoms with Gasteiger partial charge in [-0.1, -0.05) is 34.1 Å². The zero-order valence-corrected chi connectivity index (χ0v) is 13.7. The van der Waals surface area contributed by atoms with E-state index in [9.17, 15) is 0 Å². The Hall–Kier alpha value is -0.380. The number of hydrogen-bond acceptors (Lipinski definition) is 2. The van der Waals surface area contributed by atoms with Crippen molar-refractivity contribution in [2.24, 2.45) is 0 Å². The lowest BCUT2D eigenvalue weighted by atomic mass is 10.0. The van der Waals surface area contributed by atoms with Crippen LogP contribution in [0.2, 0.25) is 0 Å². The van der Waals surface area contributed by atoms with E-state index in [0.29, 0.717) is 0 Å². The number of alkyl halides is 1. The average Bonchev–Trinajstić information content (AvgIpc) is 2.60. The highest BCUT2D eigenvalue weighted by Gasteiger charge is 2.15. The number of benzene rings is 1. The average molecular weight is 325 g/mol. The molecule has 0 N–H and O–H groups in total. The Bertz CT molecular complexity index is 385. The Labute approximate surface area is 125 Å². The molecule has 106 valence electrons. The van der Waals surface area contributed by atoms with Crippen LogP contribution in [-0.2, 0) is 6.54 Å². The van der Waals surface area contributed by atoms with Crippen LogP contribution >= 0.6 is 15.9 Å². The molecule has 0 unspecified atom stereocenters. The van der Waals surface area contributed by atoms with Crippen molar-refractivity contribution >= 4 is 15.9 Å². The summed E-state index contributed by atoms with van der Waals surface area (Å²) < 4.78 is 0. The first-order valence-corrected chi connectivity index (χ1v) is 8.38. The van der Waals surface area contributed by atoms with E-state index in [-0.39, 0.29) is 0 Å². The first-order chi connectivity index (χ1) is 9.20. The summed E-state index contributed by atoms with van der Waals surface area (Å²) in [6.07, 6.45) is 1.29. The fourth-order valence-corrected chi connectivity index (χ4v) is 3.35. The fourth-order valence-electron chi connectivity index (χ4n) is 2.85. The molecule has 19 heavy (non-hydrogen) atoms. The molecule has 0 saturated carbocycles. The third-order valence-corrected chi connectivity index (χ3v) is 4.46. The van der Waals surface area contributed by atoms with Crippen molar-refractivity contribution in [1.82, 2.24) is 9.80 Å². The largest absolute Gasteiger partial charge is 0.301 e. The molecule has 1 saturated heterocycles. The molecule has 0 aliphatic carbocycles. The Balaban J connectivity index is 1.96. The van der Waals surface area contributed by atoms with Crippen molar-refractivity contribution in [3.8, 4) is 0 Å². The Morgan fingerprint density at radius 2 is 1.63 bits per heavy atom. The summed E-state index contributed by atoms with van der Waals surface area (Å²) in [5.74, 6) is 0. The number of hydrogen-bond donors (Lipinski definition) is 0. The Morgan fingerprint density at radius 3 is 2.32 bits per heavy atom. The van der Waals surface area contributed by atoms with Crippen LogP contribution in [-0.4, -0.2) is 47.9 Å². The summed E-state index contributed by atoms with van der Waals surface area (Å²) in [4.78, 5) is 5.18. The molecular formula is C16H25BrN2. The lowest BCUT2D eigenvalue weighted by molar-refractivity contribution is 0.258. The summed E-state index contributed by atoms with van der Waals surface area (Å²) in [5.41, 5.74) is 4.39. The first-order valence-electron chi connectivity index (χ1n) is 7.26. The molecule has 2 nitrogen and oxygen atoms in total. The maximum Gasteiger partial charge on any atom is 0.0239 e. The second-order valence-corrected chi connectivity index (χ2v) is 6.32. The summed E-state index contributed by atoms with van der Waals surface area (Å²) in [7, 11) is 0. The van der Waals surface area contributed by atoms with Gasteiger partial charge in [-0.15, -0.1) is 0 Å². The molecule has 1 aromatic rings.